The second-order valence-corrected chi connectivity index (χ2v) is 9.14. The van der Waals surface area contributed by atoms with Crippen molar-refractivity contribution < 1.29 is 19.4 Å². The first-order valence-electron chi connectivity index (χ1n) is 10.3. The van der Waals surface area contributed by atoms with Gasteiger partial charge in [0.15, 0.2) is 0 Å². The van der Waals surface area contributed by atoms with Crippen LogP contribution in [0.1, 0.15) is 53.4 Å². The monoisotopic (exact) mass is 400 g/mol. The minimum Gasteiger partial charge on any atom is -0.489 e. The summed E-state index contributed by atoms with van der Waals surface area (Å²) in [5, 5.41) is 22.1. The number of hydrogen-bond acceptors (Lipinski definition) is 5. The van der Waals surface area contributed by atoms with Crippen LogP contribution in [-0.2, 0) is 0 Å². The summed E-state index contributed by atoms with van der Waals surface area (Å²) in [6.07, 6.45) is 4.59. The summed E-state index contributed by atoms with van der Waals surface area (Å²) in [6.45, 7) is 8.48. The third-order valence-electron chi connectivity index (χ3n) is 6.54. The van der Waals surface area contributed by atoms with E-state index in [1.54, 1.807) is 12.1 Å². The van der Waals surface area contributed by atoms with Gasteiger partial charge < -0.3 is 19.4 Å². The van der Waals surface area contributed by atoms with Crippen molar-refractivity contribution in [2.75, 3.05) is 6.61 Å². The van der Waals surface area contributed by atoms with Crippen molar-refractivity contribution in [3.63, 3.8) is 0 Å². The van der Waals surface area contributed by atoms with Gasteiger partial charge in [-0.15, -0.1) is 0 Å². The predicted octanol–water partition coefficient (Wildman–Crippen LogP) is 4.45. The molecule has 3 rings (SSSR count). The minimum atomic E-state index is -0.755. The first kappa shape index (κ1) is 21.6. The van der Waals surface area contributed by atoms with Crippen LogP contribution in [0.25, 0.3) is 11.0 Å². The van der Waals surface area contributed by atoms with Gasteiger partial charge in [-0.2, -0.15) is 0 Å². The Balaban J connectivity index is 1.58. The zero-order chi connectivity index (χ0) is 21.2. The molecule has 158 valence electrons. The molecule has 3 atom stereocenters. The van der Waals surface area contributed by atoms with Gasteiger partial charge in [0.2, 0.25) is 0 Å². The summed E-state index contributed by atoms with van der Waals surface area (Å²) < 4.78 is 11.0. The van der Waals surface area contributed by atoms with Gasteiger partial charge in [0, 0.05) is 17.5 Å². The number of allylic oxidation sites excluding steroid dienone is 1. The summed E-state index contributed by atoms with van der Waals surface area (Å²) in [7, 11) is 0. The summed E-state index contributed by atoms with van der Waals surface area (Å²) in [5.74, 6) is 0.682. The topological polar surface area (TPSA) is 79.9 Å². The van der Waals surface area contributed by atoms with Gasteiger partial charge in [-0.1, -0.05) is 19.4 Å². The molecule has 1 aliphatic rings. The predicted molar refractivity (Wildman–Crippen MR) is 114 cm³/mol. The van der Waals surface area contributed by atoms with Crippen LogP contribution in [0, 0.1) is 11.3 Å². The van der Waals surface area contributed by atoms with E-state index >= 15 is 0 Å². The number of aliphatic hydroxyl groups excluding tert-OH is 1. The van der Waals surface area contributed by atoms with Gasteiger partial charge in [0.05, 0.1) is 11.7 Å². The van der Waals surface area contributed by atoms with E-state index in [2.05, 4.69) is 20.8 Å². The first-order valence-corrected chi connectivity index (χ1v) is 10.3. The van der Waals surface area contributed by atoms with Crippen molar-refractivity contribution in [3.05, 3.63) is 52.4 Å². The molecule has 0 saturated heterocycles. The zero-order valence-corrected chi connectivity index (χ0v) is 17.8. The molecule has 29 heavy (non-hydrogen) atoms. The molecule has 1 aromatic heterocycles. The number of ether oxygens (including phenoxy) is 1. The smallest absolute Gasteiger partial charge is 0.336 e. The Kier molecular flexibility index (Phi) is 6.20. The third kappa shape index (κ3) is 4.90. The summed E-state index contributed by atoms with van der Waals surface area (Å²) in [4.78, 5) is 11.4. The Hall–Kier alpha value is -2.11. The second-order valence-electron chi connectivity index (χ2n) is 9.14. The Morgan fingerprint density at radius 1 is 1.28 bits per heavy atom. The molecular formula is C24H32O5. The van der Waals surface area contributed by atoms with Gasteiger partial charge in [-0.25, -0.2) is 4.79 Å². The van der Waals surface area contributed by atoms with Crippen molar-refractivity contribution in [2.45, 2.75) is 65.1 Å². The molecule has 1 aliphatic carbocycles. The fraction of sp³-hybridized carbons (Fsp3) is 0.542. The second kappa shape index (κ2) is 8.33. The van der Waals surface area contributed by atoms with Crippen LogP contribution in [0.4, 0.5) is 0 Å². The molecule has 0 amide bonds. The van der Waals surface area contributed by atoms with E-state index in [0.717, 1.165) is 18.2 Å². The van der Waals surface area contributed by atoms with Crippen molar-refractivity contribution in [3.8, 4) is 5.75 Å². The number of hydrogen-bond donors (Lipinski definition) is 2. The van der Waals surface area contributed by atoms with Gasteiger partial charge >= 0.3 is 5.63 Å². The maximum Gasteiger partial charge on any atom is 0.336 e. The molecule has 1 fully saturated rings. The number of aliphatic hydroxyl groups is 2. The summed E-state index contributed by atoms with van der Waals surface area (Å²) in [5.41, 5.74) is 0.249. The van der Waals surface area contributed by atoms with E-state index in [1.165, 1.54) is 11.6 Å². The number of benzene rings is 1. The minimum absolute atomic E-state index is 0.0337. The Morgan fingerprint density at radius 3 is 2.76 bits per heavy atom. The maximum absolute atomic E-state index is 11.4. The van der Waals surface area contributed by atoms with Crippen LogP contribution in [0.3, 0.4) is 0 Å². The van der Waals surface area contributed by atoms with E-state index in [4.69, 9.17) is 9.15 Å². The number of fused-ring (bicyclic) bond motifs is 1. The van der Waals surface area contributed by atoms with Crippen LogP contribution in [-0.4, -0.2) is 28.5 Å². The van der Waals surface area contributed by atoms with Gasteiger partial charge in [0.1, 0.15) is 17.9 Å². The normalized spacial score (nSPS) is 27.2. The van der Waals surface area contributed by atoms with Crippen molar-refractivity contribution >= 4 is 11.0 Å². The highest BCUT2D eigenvalue weighted by Gasteiger charge is 2.49. The Morgan fingerprint density at radius 2 is 2.00 bits per heavy atom. The molecule has 0 unspecified atom stereocenters. The molecule has 5 heteroatoms. The zero-order valence-electron chi connectivity index (χ0n) is 17.8. The van der Waals surface area contributed by atoms with E-state index < -0.39 is 5.60 Å². The number of rotatable bonds is 6. The van der Waals surface area contributed by atoms with Gasteiger partial charge in [-0.05, 0) is 75.1 Å². The lowest BCUT2D eigenvalue weighted by Crippen LogP contribution is -2.53. The molecule has 2 aromatic rings. The Bertz CT molecular complexity index is 938. The highest BCUT2D eigenvalue weighted by Crippen LogP contribution is 2.48. The molecule has 5 nitrogen and oxygen atoms in total. The lowest BCUT2D eigenvalue weighted by Gasteiger charge is -2.51. The quantitative estimate of drug-likeness (QED) is 0.553. The molecule has 1 saturated carbocycles. The molecular weight excluding hydrogens is 368 g/mol. The molecule has 1 heterocycles. The highest BCUT2D eigenvalue weighted by molar-refractivity contribution is 5.77. The van der Waals surface area contributed by atoms with Crippen LogP contribution in [0.5, 0.6) is 5.75 Å². The third-order valence-corrected chi connectivity index (χ3v) is 6.54. The lowest BCUT2D eigenvalue weighted by atomic mass is 9.59. The largest absolute Gasteiger partial charge is 0.489 e. The van der Waals surface area contributed by atoms with Crippen LogP contribution in [0.15, 0.2) is 51.2 Å². The fourth-order valence-electron chi connectivity index (χ4n) is 4.58. The van der Waals surface area contributed by atoms with E-state index in [-0.39, 0.29) is 23.1 Å². The summed E-state index contributed by atoms with van der Waals surface area (Å²) >= 11 is 0. The summed E-state index contributed by atoms with van der Waals surface area (Å²) in [6, 6.07) is 8.58. The van der Waals surface area contributed by atoms with Crippen LogP contribution < -0.4 is 10.4 Å². The molecule has 0 spiro atoms. The molecule has 0 radical (unpaired) electrons. The highest BCUT2D eigenvalue weighted by atomic mass is 16.5. The van der Waals surface area contributed by atoms with Crippen LogP contribution in [0.2, 0.25) is 0 Å². The fourth-order valence-corrected chi connectivity index (χ4v) is 4.58. The van der Waals surface area contributed by atoms with Crippen molar-refractivity contribution in [2.24, 2.45) is 11.3 Å². The van der Waals surface area contributed by atoms with E-state index in [0.29, 0.717) is 30.8 Å². The van der Waals surface area contributed by atoms with Gasteiger partial charge in [-0.3, -0.25) is 0 Å². The standard InChI is InChI=1S/C24H32O5/c1-16(5-9-20-23(2,3)21(25)11-13-24(20,4)27)12-14-28-18-8-6-17-7-10-22(26)29-19(17)15-18/h6-8,10,12,15,20-21,25,27H,5,9,11,13-14H2,1-4H3/b16-12+/t20-,21+,24-/m1/s1. The average molecular weight is 401 g/mol. The molecule has 1 aromatic carbocycles. The van der Waals surface area contributed by atoms with E-state index in [1.807, 2.05) is 25.1 Å². The molecule has 0 aliphatic heterocycles. The lowest BCUT2D eigenvalue weighted by molar-refractivity contribution is -0.145. The van der Waals surface area contributed by atoms with Crippen molar-refractivity contribution in [1.82, 2.24) is 0 Å². The Labute approximate surface area is 172 Å². The van der Waals surface area contributed by atoms with Gasteiger partial charge in [0.25, 0.3) is 0 Å². The van der Waals surface area contributed by atoms with Crippen molar-refractivity contribution in [1.29, 1.82) is 0 Å². The molecule has 2 N–H and O–H groups in total. The van der Waals surface area contributed by atoms with E-state index in [9.17, 15) is 15.0 Å². The SMILES string of the molecule is C/C(=C\COc1ccc2ccc(=O)oc2c1)CC[C@@H]1C(C)(C)[C@@H](O)CC[C@@]1(C)O. The maximum atomic E-state index is 11.4. The molecule has 0 bridgehead atoms. The van der Waals surface area contributed by atoms with Crippen LogP contribution >= 0.6 is 0 Å². The first-order chi connectivity index (χ1) is 13.6. The average Bonchev–Trinajstić information content (AvgIpc) is 2.64.